The fourth-order valence-electron chi connectivity index (χ4n) is 1.12. The van der Waals surface area contributed by atoms with Crippen LogP contribution in [0.4, 0.5) is 11.5 Å². The normalized spacial score (nSPS) is 10.0. The lowest BCUT2D eigenvalue weighted by molar-refractivity contribution is 1.16. The predicted molar refractivity (Wildman–Crippen MR) is 62.0 cm³/mol. The maximum Gasteiger partial charge on any atom is 0.130 e. The molecule has 0 amide bonds. The van der Waals surface area contributed by atoms with Gasteiger partial charge in [-0.05, 0) is 34.5 Å². The lowest BCUT2D eigenvalue weighted by Crippen LogP contribution is -1.95. The number of pyridine rings is 1. The number of aromatic nitrogens is 3. The topological polar surface area (TPSA) is 50.7 Å². The molecule has 0 saturated carbocycles. The Bertz CT molecular complexity index is 458. The predicted octanol–water partition coefficient (Wildman–Crippen LogP) is 2.69. The van der Waals surface area contributed by atoms with Crippen LogP contribution in [0.1, 0.15) is 5.56 Å². The van der Waals surface area contributed by atoms with Gasteiger partial charge in [0.15, 0.2) is 0 Å². The number of anilines is 2. The van der Waals surface area contributed by atoms with Crippen LogP contribution in [0.3, 0.4) is 0 Å². The van der Waals surface area contributed by atoms with Crippen molar-refractivity contribution in [2.75, 3.05) is 5.32 Å². The van der Waals surface area contributed by atoms with E-state index in [1.54, 1.807) is 18.6 Å². The van der Waals surface area contributed by atoms with Gasteiger partial charge >= 0.3 is 0 Å². The molecule has 0 saturated heterocycles. The van der Waals surface area contributed by atoms with E-state index in [4.69, 9.17) is 0 Å². The third-order valence-electron chi connectivity index (χ3n) is 1.88. The summed E-state index contributed by atoms with van der Waals surface area (Å²) < 4.78 is 0.998. The highest BCUT2D eigenvalue weighted by Gasteiger charge is 1.99. The molecule has 0 radical (unpaired) electrons. The molecule has 2 aromatic rings. The molecular weight excluding hydrogens is 256 g/mol. The maximum absolute atomic E-state index is 4.22. The van der Waals surface area contributed by atoms with Crippen molar-refractivity contribution in [3.63, 3.8) is 0 Å². The van der Waals surface area contributed by atoms with Crippen molar-refractivity contribution < 1.29 is 0 Å². The van der Waals surface area contributed by atoms with E-state index in [9.17, 15) is 0 Å². The van der Waals surface area contributed by atoms with Gasteiger partial charge in [0.1, 0.15) is 12.1 Å². The van der Waals surface area contributed by atoms with E-state index in [2.05, 4.69) is 36.2 Å². The Labute approximate surface area is 95.9 Å². The SMILES string of the molecule is Cc1cc(Nc2cncnc2)ncc1Br. The van der Waals surface area contributed by atoms with Crippen molar-refractivity contribution >= 4 is 27.4 Å². The molecule has 5 heteroatoms. The van der Waals surface area contributed by atoms with Gasteiger partial charge in [0.2, 0.25) is 0 Å². The van der Waals surface area contributed by atoms with Crippen molar-refractivity contribution in [2.45, 2.75) is 6.92 Å². The first kappa shape index (κ1) is 10.0. The number of nitrogens with one attached hydrogen (secondary N) is 1. The largest absolute Gasteiger partial charge is 0.338 e. The first-order chi connectivity index (χ1) is 7.25. The monoisotopic (exact) mass is 264 g/mol. The molecule has 0 atom stereocenters. The van der Waals surface area contributed by atoms with Gasteiger partial charge in [0.25, 0.3) is 0 Å². The molecule has 0 aliphatic heterocycles. The Morgan fingerprint density at radius 1 is 1.20 bits per heavy atom. The minimum Gasteiger partial charge on any atom is -0.338 e. The summed E-state index contributed by atoms with van der Waals surface area (Å²) in [7, 11) is 0. The van der Waals surface area contributed by atoms with Gasteiger partial charge < -0.3 is 5.32 Å². The van der Waals surface area contributed by atoms with Crippen molar-refractivity contribution in [1.82, 2.24) is 15.0 Å². The molecule has 0 fully saturated rings. The maximum atomic E-state index is 4.22. The van der Waals surface area contributed by atoms with E-state index in [1.165, 1.54) is 6.33 Å². The van der Waals surface area contributed by atoms with E-state index in [1.807, 2.05) is 13.0 Å². The molecule has 0 aliphatic rings. The number of hydrogen-bond donors (Lipinski definition) is 1. The van der Waals surface area contributed by atoms with Crippen LogP contribution >= 0.6 is 15.9 Å². The third-order valence-corrected chi connectivity index (χ3v) is 2.71. The molecule has 1 N–H and O–H groups in total. The summed E-state index contributed by atoms with van der Waals surface area (Å²) in [6.07, 6.45) is 6.66. The van der Waals surface area contributed by atoms with Crippen LogP contribution in [-0.4, -0.2) is 15.0 Å². The summed E-state index contributed by atoms with van der Waals surface area (Å²) >= 11 is 3.40. The zero-order valence-corrected chi connectivity index (χ0v) is 9.69. The highest BCUT2D eigenvalue weighted by Crippen LogP contribution is 2.19. The average molecular weight is 265 g/mol. The minimum atomic E-state index is 0.783. The van der Waals surface area contributed by atoms with Crippen molar-refractivity contribution in [3.8, 4) is 0 Å². The van der Waals surface area contributed by atoms with Crippen LogP contribution in [0.25, 0.3) is 0 Å². The molecule has 0 aliphatic carbocycles. The molecule has 2 rings (SSSR count). The molecule has 76 valence electrons. The highest BCUT2D eigenvalue weighted by atomic mass is 79.9. The fourth-order valence-corrected chi connectivity index (χ4v) is 1.34. The molecule has 0 spiro atoms. The smallest absolute Gasteiger partial charge is 0.130 e. The van der Waals surface area contributed by atoms with E-state index >= 15 is 0 Å². The quantitative estimate of drug-likeness (QED) is 0.906. The van der Waals surface area contributed by atoms with Crippen molar-refractivity contribution in [2.24, 2.45) is 0 Å². The Morgan fingerprint density at radius 2 is 1.93 bits per heavy atom. The summed E-state index contributed by atoms with van der Waals surface area (Å²) in [6, 6.07) is 1.96. The molecule has 4 nitrogen and oxygen atoms in total. The lowest BCUT2D eigenvalue weighted by Gasteiger charge is -2.05. The van der Waals surface area contributed by atoms with Gasteiger partial charge in [-0.1, -0.05) is 0 Å². The van der Waals surface area contributed by atoms with Gasteiger partial charge in [-0.25, -0.2) is 15.0 Å². The lowest BCUT2D eigenvalue weighted by atomic mass is 10.3. The van der Waals surface area contributed by atoms with Crippen LogP contribution in [-0.2, 0) is 0 Å². The molecule has 0 bridgehead atoms. The summed E-state index contributed by atoms with van der Waals surface area (Å²) in [4.78, 5) is 12.0. The fraction of sp³-hybridized carbons (Fsp3) is 0.100. The zero-order valence-electron chi connectivity index (χ0n) is 8.11. The summed E-state index contributed by atoms with van der Waals surface area (Å²) in [5.74, 6) is 0.783. The third kappa shape index (κ3) is 2.50. The van der Waals surface area contributed by atoms with Crippen LogP contribution in [0, 0.1) is 6.92 Å². The van der Waals surface area contributed by atoms with Gasteiger partial charge in [0.05, 0.1) is 18.1 Å². The van der Waals surface area contributed by atoms with E-state index in [0.717, 1.165) is 21.5 Å². The van der Waals surface area contributed by atoms with Crippen molar-refractivity contribution in [3.05, 3.63) is 41.0 Å². The Balaban J connectivity index is 2.22. The van der Waals surface area contributed by atoms with Gasteiger partial charge in [0, 0.05) is 10.7 Å². The van der Waals surface area contributed by atoms with E-state index < -0.39 is 0 Å². The van der Waals surface area contributed by atoms with Crippen LogP contribution < -0.4 is 5.32 Å². The molecule has 2 heterocycles. The number of rotatable bonds is 2. The Morgan fingerprint density at radius 3 is 2.60 bits per heavy atom. The Hall–Kier alpha value is -1.49. The second kappa shape index (κ2) is 4.35. The second-order valence-corrected chi connectivity index (χ2v) is 3.93. The second-order valence-electron chi connectivity index (χ2n) is 3.07. The summed E-state index contributed by atoms with van der Waals surface area (Å²) in [5, 5.41) is 3.12. The van der Waals surface area contributed by atoms with E-state index in [-0.39, 0.29) is 0 Å². The molecule has 15 heavy (non-hydrogen) atoms. The van der Waals surface area contributed by atoms with Crippen LogP contribution in [0.15, 0.2) is 35.5 Å². The number of aryl methyl sites for hydroxylation is 1. The van der Waals surface area contributed by atoms with E-state index in [0.29, 0.717) is 0 Å². The highest BCUT2D eigenvalue weighted by molar-refractivity contribution is 9.10. The van der Waals surface area contributed by atoms with Gasteiger partial charge in [-0.15, -0.1) is 0 Å². The molecular formula is C10H9BrN4. The first-order valence-electron chi connectivity index (χ1n) is 4.40. The summed E-state index contributed by atoms with van der Waals surface area (Å²) in [6.45, 7) is 2.01. The minimum absolute atomic E-state index is 0.783. The Kier molecular flexibility index (Phi) is 2.91. The van der Waals surface area contributed by atoms with Crippen LogP contribution in [0.5, 0.6) is 0 Å². The van der Waals surface area contributed by atoms with Gasteiger partial charge in [-0.3, -0.25) is 0 Å². The number of hydrogen-bond acceptors (Lipinski definition) is 4. The molecule has 2 aromatic heterocycles. The van der Waals surface area contributed by atoms with Crippen LogP contribution in [0.2, 0.25) is 0 Å². The average Bonchev–Trinajstić information content (AvgIpc) is 2.25. The zero-order chi connectivity index (χ0) is 10.7. The number of nitrogens with zero attached hydrogens (tertiary/aromatic N) is 3. The number of halogens is 1. The first-order valence-corrected chi connectivity index (χ1v) is 5.19. The van der Waals surface area contributed by atoms with Crippen molar-refractivity contribution in [1.29, 1.82) is 0 Å². The molecule has 0 unspecified atom stereocenters. The molecule has 0 aromatic carbocycles. The summed E-state index contributed by atoms with van der Waals surface area (Å²) in [5.41, 5.74) is 1.95. The van der Waals surface area contributed by atoms with Gasteiger partial charge in [-0.2, -0.15) is 0 Å². The standard InChI is InChI=1S/C10H9BrN4/c1-7-2-10(14-5-9(7)11)15-8-3-12-6-13-4-8/h2-6H,1H3,(H,14,15).